The van der Waals surface area contributed by atoms with Crippen molar-refractivity contribution in [1.82, 2.24) is 5.32 Å². The van der Waals surface area contributed by atoms with E-state index in [0.717, 1.165) is 37.6 Å². The molecule has 1 aromatic rings. The molecule has 0 saturated carbocycles. The van der Waals surface area contributed by atoms with Crippen LogP contribution in [0.4, 0.5) is 13.2 Å². The van der Waals surface area contributed by atoms with Crippen LogP contribution in [0.25, 0.3) is 5.57 Å². The molecule has 0 unspecified atom stereocenters. The molecular formula is C13H14F3N. The Bertz CT molecular complexity index is 421. The molecule has 0 radical (unpaired) electrons. The summed E-state index contributed by atoms with van der Waals surface area (Å²) in [6.07, 6.45) is -0.502. The first-order valence-electron chi connectivity index (χ1n) is 5.65. The molecular weight excluding hydrogens is 227 g/mol. The van der Waals surface area contributed by atoms with Gasteiger partial charge < -0.3 is 5.32 Å². The van der Waals surface area contributed by atoms with Gasteiger partial charge in [0.2, 0.25) is 0 Å². The van der Waals surface area contributed by atoms with Gasteiger partial charge in [0.1, 0.15) is 0 Å². The monoisotopic (exact) mass is 241 g/mol. The predicted molar refractivity (Wildman–Crippen MR) is 61.5 cm³/mol. The Labute approximate surface area is 98.3 Å². The van der Waals surface area contributed by atoms with Crippen LogP contribution in [0.1, 0.15) is 24.0 Å². The van der Waals surface area contributed by atoms with E-state index in [4.69, 9.17) is 0 Å². The fourth-order valence-corrected chi connectivity index (χ4v) is 1.96. The maximum atomic E-state index is 12.6. The predicted octanol–water partition coefficient (Wildman–Crippen LogP) is 3.47. The normalized spacial score (nSPS) is 17.5. The maximum Gasteiger partial charge on any atom is 0.416 e. The molecule has 92 valence electrons. The third-order valence-electron chi connectivity index (χ3n) is 2.85. The van der Waals surface area contributed by atoms with Crippen LogP contribution in [-0.2, 0) is 6.18 Å². The van der Waals surface area contributed by atoms with Crippen molar-refractivity contribution in [3.63, 3.8) is 0 Å². The molecule has 1 aromatic carbocycles. The molecule has 4 heteroatoms. The Kier molecular flexibility index (Phi) is 3.52. The Morgan fingerprint density at radius 2 is 2.00 bits per heavy atom. The maximum absolute atomic E-state index is 12.6. The first-order chi connectivity index (χ1) is 8.07. The first-order valence-corrected chi connectivity index (χ1v) is 5.65. The van der Waals surface area contributed by atoms with E-state index in [9.17, 15) is 13.2 Å². The van der Waals surface area contributed by atoms with Crippen LogP contribution in [0.3, 0.4) is 0 Å². The summed E-state index contributed by atoms with van der Waals surface area (Å²) in [5.41, 5.74) is 1.11. The number of benzene rings is 1. The molecule has 0 aromatic heterocycles. The fraction of sp³-hybridized carbons (Fsp3) is 0.385. The number of nitrogens with one attached hydrogen (secondary N) is 1. The van der Waals surface area contributed by atoms with Crippen LogP contribution in [0.5, 0.6) is 0 Å². The molecule has 1 nitrogen and oxygen atoms in total. The van der Waals surface area contributed by atoms with Crippen LogP contribution in [0.15, 0.2) is 30.3 Å². The average Bonchev–Trinajstić information content (AvgIpc) is 2.56. The minimum absolute atomic E-state index is 0.576. The number of halogens is 3. The van der Waals surface area contributed by atoms with Crippen molar-refractivity contribution in [3.05, 3.63) is 41.5 Å². The van der Waals surface area contributed by atoms with Gasteiger partial charge in [-0.1, -0.05) is 18.2 Å². The summed E-state index contributed by atoms with van der Waals surface area (Å²) in [7, 11) is 0. The van der Waals surface area contributed by atoms with E-state index in [0.29, 0.717) is 5.56 Å². The molecule has 0 aliphatic carbocycles. The topological polar surface area (TPSA) is 12.0 Å². The van der Waals surface area contributed by atoms with Crippen LogP contribution in [-0.4, -0.2) is 13.1 Å². The molecule has 0 spiro atoms. The van der Waals surface area contributed by atoms with E-state index in [1.54, 1.807) is 6.07 Å². The highest BCUT2D eigenvalue weighted by molar-refractivity contribution is 5.66. The van der Waals surface area contributed by atoms with E-state index in [1.807, 2.05) is 6.08 Å². The standard InChI is InChI=1S/C13H14F3N/c14-13(15,16)12-5-1-3-11(9-12)10-4-2-7-17-8-6-10/h1,3,5-6,9,17H,2,4,7-8H2. The lowest BCUT2D eigenvalue weighted by Gasteiger charge is -2.10. The Morgan fingerprint density at radius 1 is 1.18 bits per heavy atom. The van der Waals surface area contributed by atoms with E-state index in [-0.39, 0.29) is 0 Å². The van der Waals surface area contributed by atoms with Crippen LogP contribution in [0, 0.1) is 0 Å². The van der Waals surface area contributed by atoms with Crippen molar-refractivity contribution in [2.24, 2.45) is 0 Å². The highest BCUT2D eigenvalue weighted by atomic mass is 19.4. The third kappa shape index (κ3) is 3.09. The van der Waals surface area contributed by atoms with E-state index in [1.165, 1.54) is 12.1 Å². The molecule has 0 amide bonds. The number of hydrogen-bond acceptors (Lipinski definition) is 1. The van der Waals surface area contributed by atoms with Crippen molar-refractivity contribution in [1.29, 1.82) is 0 Å². The molecule has 0 saturated heterocycles. The van der Waals surface area contributed by atoms with Gasteiger partial charge in [0.25, 0.3) is 0 Å². The molecule has 1 aliphatic rings. The summed E-state index contributed by atoms with van der Waals surface area (Å²) in [6.45, 7) is 1.64. The highest BCUT2D eigenvalue weighted by Gasteiger charge is 2.30. The molecule has 1 heterocycles. The van der Waals surface area contributed by atoms with Gasteiger partial charge in [-0.25, -0.2) is 0 Å². The second-order valence-corrected chi connectivity index (χ2v) is 4.12. The van der Waals surface area contributed by atoms with Gasteiger partial charge in [-0.2, -0.15) is 13.2 Å². The van der Waals surface area contributed by atoms with Gasteiger partial charge in [-0.05, 0) is 42.7 Å². The molecule has 0 atom stereocenters. The summed E-state index contributed by atoms with van der Waals surface area (Å²) in [4.78, 5) is 0. The van der Waals surface area contributed by atoms with Crippen molar-refractivity contribution < 1.29 is 13.2 Å². The number of allylic oxidation sites excluding steroid dienone is 1. The minimum atomic E-state index is -4.26. The number of rotatable bonds is 1. The van der Waals surface area contributed by atoms with Crippen molar-refractivity contribution in [3.8, 4) is 0 Å². The zero-order valence-corrected chi connectivity index (χ0v) is 9.35. The van der Waals surface area contributed by atoms with Crippen LogP contribution >= 0.6 is 0 Å². The zero-order valence-electron chi connectivity index (χ0n) is 9.35. The first kappa shape index (κ1) is 12.2. The van der Waals surface area contributed by atoms with E-state index < -0.39 is 11.7 Å². The van der Waals surface area contributed by atoms with Gasteiger partial charge in [0, 0.05) is 6.54 Å². The Morgan fingerprint density at radius 3 is 2.76 bits per heavy atom. The lowest BCUT2D eigenvalue weighted by atomic mass is 9.99. The summed E-state index contributed by atoms with van der Waals surface area (Å²) >= 11 is 0. The molecule has 0 fully saturated rings. The summed E-state index contributed by atoms with van der Waals surface area (Å²) in [6, 6.07) is 5.56. The molecule has 2 rings (SSSR count). The highest BCUT2D eigenvalue weighted by Crippen LogP contribution is 2.31. The van der Waals surface area contributed by atoms with E-state index in [2.05, 4.69) is 5.32 Å². The second-order valence-electron chi connectivity index (χ2n) is 4.12. The fourth-order valence-electron chi connectivity index (χ4n) is 1.96. The average molecular weight is 241 g/mol. The molecule has 17 heavy (non-hydrogen) atoms. The smallest absolute Gasteiger partial charge is 0.313 e. The number of hydrogen-bond donors (Lipinski definition) is 1. The SMILES string of the molecule is FC(F)(F)c1cccc(C2=CCNCCC2)c1. The minimum Gasteiger partial charge on any atom is -0.313 e. The van der Waals surface area contributed by atoms with Crippen molar-refractivity contribution in [2.45, 2.75) is 19.0 Å². The third-order valence-corrected chi connectivity index (χ3v) is 2.85. The largest absolute Gasteiger partial charge is 0.416 e. The van der Waals surface area contributed by atoms with Gasteiger partial charge in [-0.15, -0.1) is 0 Å². The van der Waals surface area contributed by atoms with Crippen molar-refractivity contribution >= 4 is 5.57 Å². The summed E-state index contributed by atoms with van der Waals surface area (Å²) in [5.74, 6) is 0. The second kappa shape index (κ2) is 4.92. The Balaban J connectivity index is 2.29. The number of alkyl halides is 3. The quantitative estimate of drug-likeness (QED) is 0.793. The summed E-state index contributed by atoms with van der Waals surface area (Å²) in [5, 5.41) is 3.19. The Hall–Kier alpha value is -1.29. The molecule has 0 bridgehead atoms. The van der Waals surface area contributed by atoms with Gasteiger partial charge in [-0.3, -0.25) is 0 Å². The molecule has 1 aliphatic heterocycles. The summed E-state index contributed by atoms with van der Waals surface area (Å²) < 4.78 is 37.8. The van der Waals surface area contributed by atoms with Crippen LogP contribution < -0.4 is 5.32 Å². The van der Waals surface area contributed by atoms with Gasteiger partial charge in [0.15, 0.2) is 0 Å². The zero-order chi connectivity index (χ0) is 12.3. The van der Waals surface area contributed by atoms with Crippen LogP contribution in [0.2, 0.25) is 0 Å². The lowest BCUT2D eigenvalue weighted by Crippen LogP contribution is -2.12. The van der Waals surface area contributed by atoms with Crippen molar-refractivity contribution in [2.75, 3.05) is 13.1 Å². The van der Waals surface area contributed by atoms with Gasteiger partial charge in [0.05, 0.1) is 5.56 Å². The molecule has 1 N–H and O–H groups in total. The lowest BCUT2D eigenvalue weighted by molar-refractivity contribution is -0.137. The van der Waals surface area contributed by atoms with Gasteiger partial charge >= 0.3 is 6.18 Å². The van der Waals surface area contributed by atoms with E-state index >= 15 is 0 Å².